The standard InChI is InChI=1S/C26H36O8/c1-25(2,3)33-23(29)19-15-13-11-9-10-12-14(13)16(20(19)24(30)34-26(4,5)6)18(22(28)32-8)17(15)21(27)31-7/h15-16,19-20H,9-12H2,1-8H3/t15-,16+,19-,20+. The SMILES string of the molecule is COC(=O)C1=C(C(=O)OC)[C@@H]2C3=C(CCCC3)[C@H]1[C@@H](C(=O)OC(C)(C)C)[C@H]2C(=O)OC(C)(C)C. The minimum absolute atomic E-state index is 0.0932. The zero-order chi connectivity index (χ0) is 25.6. The lowest BCUT2D eigenvalue weighted by atomic mass is 9.52. The van der Waals surface area contributed by atoms with Gasteiger partial charge in [0, 0.05) is 11.8 Å². The summed E-state index contributed by atoms with van der Waals surface area (Å²) in [6.45, 7) is 10.5. The molecular weight excluding hydrogens is 440 g/mol. The van der Waals surface area contributed by atoms with Crippen LogP contribution in [0.1, 0.15) is 67.2 Å². The normalized spacial score (nSPS) is 26.6. The lowest BCUT2D eigenvalue weighted by molar-refractivity contribution is -0.178. The maximum atomic E-state index is 13.6. The first-order chi connectivity index (χ1) is 15.7. The molecular formula is C26H36O8. The van der Waals surface area contributed by atoms with Crippen LogP contribution in [0.5, 0.6) is 0 Å². The molecule has 0 heterocycles. The summed E-state index contributed by atoms with van der Waals surface area (Å²) in [4.78, 5) is 53.3. The van der Waals surface area contributed by atoms with Crippen LogP contribution in [0.3, 0.4) is 0 Å². The Morgan fingerprint density at radius 2 is 0.971 bits per heavy atom. The number of hydrogen-bond acceptors (Lipinski definition) is 8. The average Bonchev–Trinajstić information content (AvgIpc) is 2.74. The number of allylic oxidation sites excluding steroid dienone is 2. The van der Waals surface area contributed by atoms with Gasteiger partial charge in [0.1, 0.15) is 11.2 Å². The van der Waals surface area contributed by atoms with E-state index in [0.29, 0.717) is 12.8 Å². The molecule has 0 saturated carbocycles. The fraction of sp³-hybridized carbons (Fsp3) is 0.692. The summed E-state index contributed by atoms with van der Waals surface area (Å²) < 4.78 is 21.6. The molecule has 8 nitrogen and oxygen atoms in total. The van der Waals surface area contributed by atoms with Gasteiger partial charge in [0.25, 0.3) is 0 Å². The number of fused-ring (bicyclic) bond motifs is 1. The smallest absolute Gasteiger partial charge is 0.334 e. The molecule has 0 aromatic carbocycles. The number of esters is 4. The van der Waals surface area contributed by atoms with Gasteiger partial charge < -0.3 is 18.9 Å². The van der Waals surface area contributed by atoms with Crippen molar-refractivity contribution < 1.29 is 38.1 Å². The van der Waals surface area contributed by atoms with E-state index in [0.717, 1.165) is 24.0 Å². The number of hydrogen-bond donors (Lipinski definition) is 0. The average molecular weight is 477 g/mol. The Labute approximate surface area is 201 Å². The minimum atomic E-state index is -1.02. The van der Waals surface area contributed by atoms with E-state index < -0.39 is 58.8 Å². The van der Waals surface area contributed by atoms with Crippen LogP contribution in [-0.2, 0) is 38.1 Å². The van der Waals surface area contributed by atoms with Crippen LogP contribution >= 0.6 is 0 Å². The predicted octanol–water partition coefficient (Wildman–Crippen LogP) is 3.68. The molecule has 0 aromatic heterocycles. The van der Waals surface area contributed by atoms with E-state index in [2.05, 4.69) is 0 Å². The van der Waals surface area contributed by atoms with Gasteiger partial charge in [0.2, 0.25) is 0 Å². The molecule has 4 aliphatic carbocycles. The third kappa shape index (κ3) is 4.77. The lowest BCUT2D eigenvalue weighted by Gasteiger charge is -2.51. The third-order valence-corrected chi connectivity index (χ3v) is 6.49. The quantitative estimate of drug-likeness (QED) is 0.344. The van der Waals surface area contributed by atoms with Crippen molar-refractivity contribution in [1.82, 2.24) is 0 Å². The van der Waals surface area contributed by atoms with Gasteiger partial charge in [-0.25, -0.2) is 9.59 Å². The second kappa shape index (κ2) is 9.19. The zero-order valence-corrected chi connectivity index (χ0v) is 21.4. The highest BCUT2D eigenvalue weighted by atomic mass is 16.6. The van der Waals surface area contributed by atoms with Crippen LogP contribution < -0.4 is 0 Å². The Bertz CT molecular complexity index is 880. The van der Waals surface area contributed by atoms with E-state index in [1.54, 1.807) is 41.5 Å². The van der Waals surface area contributed by atoms with Crippen molar-refractivity contribution in [2.45, 2.75) is 78.4 Å². The van der Waals surface area contributed by atoms with Crippen LogP contribution in [0.4, 0.5) is 0 Å². The fourth-order valence-electron chi connectivity index (χ4n) is 5.55. The highest BCUT2D eigenvalue weighted by molar-refractivity contribution is 6.05. The van der Waals surface area contributed by atoms with E-state index in [4.69, 9.17) is 18.9 Å². The van der Waals surface area contributed by atoms with E-state index in [9.17, 15) is 19.2 Å². The largest absolute Gasteiger partial charge is 0.466 e. The summed E-state index contributed by atoms with van der Waals surface area (Å²) in [5.41, 5.74) is 0.429. The van der Waals surface area contributed by atoms with Crippen molar-refractivity contribution in [3.05, 3.63) is 22.3 Å². The fourth-order valence-corrected chi connectivity index (χ4v) is 5.55. The monoisotopic (exact) mass is 476 g/mol. The van der Waals surface area contributed by atoms with E-state index >= 15 is 0 Å². The Balaban J connectivity index is 2.30. The zero-order valence-electron chi connectivity index (χ0n) is 21.4. The molecule has 0 unspecified atom stereocenters. The Morgan fingerprint density at radius 3 is 1.24 bits per heavy atom. The number of carbonyl (C=O) groups is 4. The van der Waals surface area contributed by atoms with Crippen LogP contribution in [0, 0.1) is 23.7 Å². The van der Waals surface area contributed by atoms with Gasteiger partial charge in [-0.2, -0.15) is 0 Å². The minimum Gasteiger partial charge on any atom is -0.466 e. The van der Waals surface area contributed by atoms with Crippen LogP contribution in [0.25, 0.3) is 0 Å². The van der Waals surface area contributed by atoms with E-state index in [1.807, 2.05) is 0 Å². The van der Waals surface area contributed by atoms with Crippen molar-refractivity contribution >= 4 is 23.9 Å². The van der Waals surface area contributed by atoms with Gasteiger partial charge in [0.05, 0.1) is 37.2 Å². The molecule has 0 amide bonds. The first kappa shape index (κ1) is 26.0. The summed E-state index contributed by atoms with van der Waals surface area (Å²) >= 11 is 0. The summed E-state index contributed by atoms with van der Waals surface area (Å²) in [5.74, 6) is -6.26. The summed E-state index contributed by atoms with van der Waals surface area (Å²) in [6.07, 6.45) is 3.13. The highest BCUT2D eigenvalue weighted by Crippen LogP contribution is 2.59. The summed E-state index contributed by atoms with van der Waals surface area (Å²) in [5, 5.41) is 0. The molecule has 0 spiro atoms. The molecule has 2 bridgehead atoms. The molecule has 0 saturated heterocycles. The van der Waals surface area contributed by atoms with Crippen molar-refractivity contribution in [3.8, 4) is 0 Å². The molecule has 8 heteroatoms. The highest BCUT2D eigenvalue weighted by Gasteiger charge is 2.61. The predicted molar refractivity (Wildman–Crippen MR) is 122 cm³/mol. The van der Waals surface area contributed by atoms with Crippen molar-refractivity contribution in [2.24, 2.45) is 23.7 Å². The molecule has 0 fully saturated rings. The van der Waals surface area contributed by atoms with Crippen molar-refractivity contribution in [1.29, 1.82) is 0 Å². The molecule has 0 aromatic rings. The molecule has 4 rings (SSSR count). The lowest BCUT2D eigenvalue weighted by Crippen LogP contribution is -2.55. The Morgan fingerprint density at radius 1 is 0.647 bits per heavy atom. The summed E-state index contributed by atoms with van der Waals surface area (Å²) in [7, 11) is 2.47. The van der Waals surface area contributed by atoms with Crippen LogP contribution in [-0.4, -0.2) is 49.3 Å². The van der Waals surface area contributed by atoms with Gasteiger partial charge in [0.15, 0.2) is 0 Å². The molecule has 0 aliphatic heterocycles. The van der Waals surface area contributed by atoms with E-state index in [1.165, 1.54) is 14.2 Å². The number of ether oxygens (including phenoxy) is 4. The van der Waals surface area contributed by atoms with Gasteiger partial charge in [-0.05, 0) is 67.2 Å². The van der Waals surface area contributed by atoms with Crippen LogP contribution in [0.2, 0.25) is 0 Å². The molecule has 4 atom stereocenters. The molecule has 188 valence electrons. The maximum Gasteiger partial charge on any atom is 0.334 e. The number of methoxy groups -OCH3 is 2. The Hall–Kier alpha value is -2.64. The molecule has 4 aliphatic rings. The molecule has 34 heavy (non-hydrogen) atoms. The maximum absolute atomic E-state index is 13.6. The van der Waals surface area contributed by atoms with Gasteiger partial charge in [-0.15, -0.1) is 0 Å². The third-order valence-electron chi connectivity index (χ3n) is 6.49. The first-order valence-electron chi connectivity index (χ1n) is 11.8. The second-order valence-corrected chi connectivity index (χ2v) is 11.1. The van der Waals surface area contributed by atoms with Gasteiger partial charge in [-0.1, -0.05) is 11.1 Å². The van der Waals surface area contributed by atoms with Gasteiger partial charge >= 0.3 is 23.9 Å². The van der Waals surface area contributed by atoms with Crippen molar-refractivity contribution in [2.75, 3.05) is 14.2 Å². The van der Waals surface area contributed by atoms with Crippen molar-refractivity contribution in [3.63, 3.8) is 0 Å². The van der Waals surface area contributed by atoms with Crippen LogP contribution in [0.15, 0.2) is 22.3 Å². The van der Waals surface area contributed by atoms with E-state index in [-0.39, 0.29) is 11.1 Å². The topological polar surface area (TPSA) is 105 Å². The number of rotatable bonds is 4. The second-order valence-electron chi connectivity index (χ2n) is 11.1. The summed E-state index contributed by atoms with van der Waals surface area (Å²) in [6, 6.07) is 0. The van der Waals surface area contributed by atoms with Gasteiger partial charge in [-0.3, -0.25) is 9.59 Å². The Kier molecular flexibility index (Phi) is 7.02. The molecule has 0 radical (unpaired) electrons. The molecule has 0 N–H and O–H groups in total. The first-order valence-corrected chi connectivity index (χ1v) is 11.8. The number of carbonyl (C=O) groups excluding carboxylic acids is 4.